The summed E-state index contributed by atoms with van der Waals surface area (Å²) in [6.45, 7) is 1.99. The van der Waals surface area contributed by atoms with Gasteiger partial charge in [0.1, 0.15) is 18.1 Å². The van der Waals surface area contributed by atoms with Crippen molar-refractivity contribution in [3.8, 4) is 11.8 Å². The zero-order valence-electron chi connectivity index (χ0n) is 13.1. The molecule has 2 N–H and O–H groups in total. The summed E-state index contributed by atoms with van der Waals surface area (Å²) in [7, 11) is 1.64. The lowest BCUT2D eigenvalue weighted by molar-refractivity contribution is -0.461. The molecule has 0 amide bonds. The molecule has 7 nitrogen and oxygen atoms in total. The minimum absolute atomic E-state index is 0.436. The molecule has 5 aromatic rings. The number of pyridine rings is 1. The minimum Gasteiger partial charge on any atom is -0.496 e. The van der Waals surface area contributed by atoms with E-state index in [2.05, 4.69) is 11.2 Å². The maximum absolute atomic E-state index is 9.59. The van der Waals surface area contributed by atoms with Crippen molar-refractivity contribution >= 4 is 33.4 Å². The van der Waals surface area contributed by atoms with Gasteiger partial charge in [0.2, 0.25) is 0 Å². The van der Waals surface area contributed by atoms with Crippen molar-refractivity contribution in [3.63, 3.8) is 0 Å². The third-order valence-corrected chi connectivity index (χ3v) is 4.75. The van der Waals surface area contributed by atoms with Crippen LogP contribution in [0.25, 0.3) is 27.6 Å². The van der Waals surface area contributed by atoms with Crippen LogP contribution in [0.5, 0.6) is 5.75 Å². The average Bonchev–Trinajstić information content (AvgIpc) is 3.13. The molecule has 0 aliphatic rings. The van der Waals surface area contributed by atoms with E-state index in [9.17, 15) is 5.26 Å². The number of rotatable bonds is 1. The molecule has 4 heterocycles. The fraction of sp³-hybridized carbons (Fsp3) is 0.118. The van der Waals surface area contributed by atoms with Gasteiger partial charge in [-0.3, -0.25) is 10.1 Å². The molecule has 5 rings (SSSR count). The molecule has 0 saturated heterocycles. The van der Waals surface area contributed by atoms with Gasteiger partial charge in [-0.1, -0.05) is 0 Å². The van der Waals surface area contributed by atoms with Gasteiger partial charge >= 0.3 is 0 Å². The molecule has 4 aromatic heterocycles. The molecule has 0 aliphatic carbocycles. The van der Waals surface area contributed by atoms with Crippen molar-refractivity contribution in [1.82, 2.24) is 14.0 Å². The van der Waals surface area contributed by atoms with E-state index in [1.165, 1.54) is 0 Å². The number of hydrogen-bond donors (Lipinski definition) is 1. The Balaban J connectivity index is 2.26. The Bertz CT molecular complexity index is 1320. The quantitative estimate of drug-likeness (QED) is 0.376. The standard InChI is InChI=1S/C17H12N6O/c1-9-13(24-2)4-3-12-14(9)23-15-10(11(7-18)16(23)19)5-6-22-17(15)21(12)8-20-22/h3-6,8,19H,1-2H3/p+1. The van der Waals surface area contributed by atoms with Gasteiger partial charge in [0.25, 0.3) is 5.82 Å². The van der Waals surface area contributed by atoms with Gasteiger partial charge in [-0.25, -0.2) is 4.52 Å². The van der Waals surface area contributed by atoms with E-state index >= 15 is 0 Å². The number of nitrogens with zero attached hydrogens (tertiary/aromatic N) is 5. The van der Waals surface area contributed by atoms with E-state index < -0.39 is 0 Å². The van der Waals surface area contributed by atoms with Crippen LogP contribution in [-0.4, -0.2) is 21.1 Å². The highest BCUT2D eigenvalue weighted by molar-refractivity contribution is 5.99. The number of ether oxygens (including phenoxy) is 1. The SMILES string of the molecule is COc1ccc2c(c1C)[n+]1c(N)c(C#N)c3ccn4ncn2c4c31. The molecular formula is C17H13N6O+. The van der Waals surface area contributed by atoms with Gasteiger partial charge in [0.05, 0.1) is 18.0 Å². The fourth-order valence-corrected chi connectivity index (χ4v) is 3.69. The van der Waals surface area contributed by atoms with Gasteiger partial charge in [-0.15, -0.1) is 0 Å². The summed E-state index contributed by atoms with van der Waals surface area (Å²) in [5, 5.41) is 14.8. The molecule has 0 radical (unpaired) electrons. The molecule has 0 spiro atoms. The second-order valence-corrected chi connectivity index (χ2v) is 5.82. The van der Waals surface area contributed by atoms with E-state index in [-0.39, 0.29) is 0 Å². The molecule has 24 heavy (non-hydrogen) atoms. The van der Waals surface area contributed by atoms with Crippen LogP contribution >= 0.6 is 0 Å². The minimum atomic E-state index is 0.436. The monoisotopic (exact) mass is 317 g/mol. The average molecular weight is 317 g/mol. The normalized spacial score (nSPS) is 11.9. The summed E-state index contributed by atoms with van der Waals surface area (Å²) in [6.07, 6.45) is 3.62. The van der Waals surface area contributed by atoms with Crippen LogP contribution in [0.1, 0.15) is 11.1 Å². The predicted octanol–water partition coefficient (Wildman–Crippen LogP) is 1.69. The Hall–Kier alpha value is -3.53. The summed E-state index contributed by atoms with van der Waals surface area (Å²) in [5.74, 6) is 1.21. The van der Waals surface area contributed by atoms with Crippen LogP contribution in [0.4, 0.5) is 5.82 Å². The van der Waals surface area contributed by atoms with E-state index in [0.29, 0.717) is 11.4 Å². The lowest BCUT2D eigenvalue weighted by Gasteiger charge is -2.10. The maximum Gasteiger partial charge on any atom is 0.297 e. The number of hydrogen-bond acceptors (Lipinski definition) is 4. The van der Waals surface area contributed by atoms with Crippen LogP contribution in [0.3, 0.4) is 0 Å². The fourth-order valence-electron chi connectivity index (χ4n) is 3.69. The molecule has 0 unspecified atom stereocenters. The number of aryl methyl sites for hydroxylation is 1. The molecule has 0 fully saturated rings. The Kier molecular flexibility index (Phi) is 2.19. The molecule has 7 heteroatoms. The Morgan fingerprint density at radius 3 is 2.88 bits per heavy atom. The van der Waals surface area contributed by atoms with Crippen LogP contribution < -0.4 is 14.9 Å². The second-order valence-electron chi connectivity index (χ2n) is 5.82. The number of methoxy groups -OCH3 is 1. The van der Waals surface area contributed by atoms with Gasteiger partial charge in [0, 0.05) is 11.8 Å². The number of anilines is 1. The van der Waals surface area contributed by atoms with Gasteiger partial charge in [0.15, 0.2) is 22.2 Å². The highest BCUT2D eigenvalue weighted by atomic mass is 16.5. The van der Waals surface area contributed by atoms with E-state index in [0.717, 1.165) is 38.9 Å². The lowest BCUT2D eigenvalue weighted by atomic mass is 10.1. The second kappa shape index (κ2) is 4.06. The number of nitrogen functional groups attached to an aromatic ring is 1. The van der Waals surface area contributed by atoms with Crippen LogP contribution in [0.2, 0.25) is 0 Å². The number of fused-ring (bicyclic) bond motifs is 3. The van der Waals surface area contributed by atoms with Gasteiger partial charge in [-0.2, -0.15) is 14.8 Å². The van der Waals surface area contributed by atoms with E-state index in [1.807, 2.05) is 40.1 Å². The van der Waals surface area contributed by atoms with Crippen molar-refractivity contribution < 1.29 is 9.14 Å². The number of benzene rings is 1. The number of nitriles is 1. The Morgan fingerprint density at radius 1 is 1.29 bits per heavy atom. The number of aromatic nitrogens is 4. The van der Waals surface area contributed by atoms with E-state index in [1.54, 1.807) is 18.0 Å². The Labute approximate surface area is 136 Å². The lowest BCUT2D eigenvalue weighted by Crippen LogP contribution is -2.27. The summed E-state index contributed by atoms with van der Waals surface area (Å²) in [4.78, 5) is 0. The highest BCUT2D eigenvalue weighted by Gasteiger charge is 2.28. The van der Waals surface area contributed by atoms with Crippen LogP contribution in [0, 0.1) is 18.3 Å². The molecule has 1 aromatic carbocycles. The smallest absolute Gasteiger partial charge is 0.297 e. The van der Waals surface area contributed by atoms with Crippen LogP contribution in [0.15, 0.2) is 30.7 Å². The van der Waals surface area contributed by atoms with Gasteiger partial charge in [-0.05, 0) is 25.1 Å². The summed E-state index contributed by atoms with van der Waals surface area (Å²) in [6, 6.07) is 8.03. The summed E-state index contributed by atoms with van der Waals surface area (Å²) >= 11 is 0. The first-order valence-electron chi connectivity index (χ1n) is 7.47. The zero-order chi connectivity index (χ0) is 16.6. The zero-order valence-corrected chi connectivity index (χ0v) is 13.1. The Morgan fingerprint density at radius 2 is 2.12 bits per heavy atom. The molecule has 116 valence electrons. The summed E-state index contributed by atoms with van der Waals surface area (Å²) in [5.41, 5.74) is 11.4. The third kappa shape index (κ3) is 1.24. The molecule has 0 aliphatic heterocycles. The molecule has 0 saturated carbocycles. The van der Waals surface area contributed by atoms with Gasteiger partial charge < -0.3 is 4.74 Å². The topological polar surface area (TPSA) is 84.8 Å². The molecule has 0 atom stereocenters. The number of nitrogens with two attached hydrogens (primary N) is 1. The first-order chi connectivity index (χ1) is 11.7. The molecule has 0 bridgehead atoms. The maximum atomic E-state index is 9.59. The van der Waals surface area contributed by atoms with Crippen molar-refractivity contribution in [2.45, 2.75) is 6.92 Å². The first kappa shape index (κ1) is 13.0. The van der Waals surface area contributed by atoms with Crippen molar-refractivity contribution in [3.05, 3.63) is 41.9 Å². The largest absolute Gasteiger partial charge is 0.496 e. The van der Waals surface area contributed by atoms with Crippen molar-refractivity contribution in [1.29, 1.82) is 5.26 Å². The van der Waals surface area contributed by atoms with E-state index in [4.69, 9.17) is 10.5 Å². The first-order valence-corrected chi connectivity index (χ1v) is 7.47. The predicted molar refractivity (Wildman–Crippen MR) is 88.4 cm³/mol. The van der Waals surface area contributed by atoms with Crippen molar-refractivity contribution in [2.75, 3.05) is 12.8 Å². The molecular weight excluding hydrogens is 304 g/mol. The van der Waals surface area contributed by atoms with Crippen molar-refractivity contribution in [2.24, 2.45) is 0 Å². The highest BCUT2D eigenvalue weighted by Crippen LogP contribution is 2.32. The third-order valence-electron chi connectivity index (χ3n) is 4.75. The summed E-state index contributed by atoms with van der Waals surface area (Å²) < 4.78 is 11.2. The van der Waals surface area contributed by atoms with Crippen LogP contribution in [-0.2, 0) is 0 Å².